The van der Waals surface area contributed by atoms with Crippen LogP contribution in [0.15, 0.2) is 0 Å². The molecule has 0 fully saturated rings. The second-order valence-corrected chi connectivity index (χ2v) is 1.61. The highest BCUT2D eigenvalue weighted by Gasteiger charge is 1.99. The van der Waals surface area contributed by atoms with Crippen molar-refractivity contribution >= 4 is 23.3 Å². The molecule has 0 aliphatic rings. The molecule has 8 heavy (non-hydrogen) atoms. The number of carboxylic acid groups (broad SMARTS) is 1. The van der Waals surface area contributed by atoms with Crippen molar-refractivity contribution < 1.29 is 18.9 Å². The van der Waals surface area contributed by atoms with Gasteiger partial charge in [-0.15, -0.1) is 0 Å². The first-order valence-corrected chi connectivity index (χ1v) is 2.45. The summed E-state index contributed by atoms with van der Waals surface area (Å²) in [4.78, 5) is 19.4. The number of carbonyl (C=O) groups is 2. The molecule has 0 saturated heterocycles. The van der Waals surface area contributed by atoms with Crippen LogP contribution in [0.4, 0.5) is 4.79 Å². The van der Waals surface area contributed by atoms with Crippen LogP contribution in [0.5, 0.6) is 0 Å². The highest BCUT2D eigenvalue weighted by molar-refractivity contribution is 8.09. The van der Waals surface area contributed by atoms with E-state index in [9.17, 15) is 9.59 Å². The normalized spacial score (nSPS) is 8.12. The van der Waals surface area contributed by atoms with Gasteiger partial charge in [-0.1, -0.05) is 0 Å². The van der Waals surface area contributed by atoms with Crippen LogP contribution in [0, 0.1) is 0 Å². The third-order valence-electron chi connectivity index (χ3n) is 0.230. The van der Waals surface area contributed by atoms with E-state index in [1.54, 1.807) is 0 Å². The molecule has 0 heterocycles. The number of hydrogen-bond acceptors (Lipinski definition) is 4. The molecular weight excluding hydrogens is 132 g/mol. The van der Waals surface area contributed by atoms with E-state index in [2.05, 4.69) is 4.18 Å². The van der Waals surface area contributed by atoms with Crippen LogP contribution in [-0.4, -0.2) is 16.4 Å². The van der Waals surface area contributed by atoms with Gasteiger partial charge in [-0.2, -0.15) is 0 Å². The zero-order valence-corrected chi connectivity index (χ0v) is 4.90. The smallest absolute Gasteiger partial charge is 0.404 e. The lowest BCUT2D eigenvalue weighted by Crippen LogP contribution is -1.93. The summed E-state index contributed by atoms with van der Waals surface area (Å²) in [6, 6.07) is 0. The largest absolute Gasteiger partial charge is 0.471 e. The van der Waals surface area contributed by atoms with Crippen molar-refractivity contribution in [2.24, 2.45) is 0 Å². The van der Waals surface area contributed by atoms with Gasteiger partial charge in [0.05, 0.1) is 0 Å². The quantitative estimate of drug-likeness (QED) is 0.500. The summed E-state index contributed by atoms with van der Waals surface area (Å²) in [5.74, 6) is -0.614. The lowest BCUT2D eigenvalue weighted by atomic mass is 10.9. The van der Waals surface area contributed by atoms with Crippen molar-refractivity contribution in [2.75, 3.05) is 0 Å². The van der Waals surface area contributed by atoms with Crippen molar-refractivity contribution in [1.29, 1.82) is 0 Å². The Morgan fingerprint density at radius 2 is 2.12 bits per heavy atom. The van der Waals surface area contributed by atoms with E-state index in [0.29, 0.717) is 0 Å². The van der Waals surface area contributed by atoms with Crippen LogP contribution < -0.4 is 0 Å². The molecule has 0 bridgehead atoms. The first kappa shape index (κ1) is 7.29. The van der Waals surface area contributed by atoms with Crippen molar-refractivity contribution in [2.45, 2.75) is 6.92 Å². The van der Waals surface area contributed by atoms with Crippen molar-refractivity contribution in [1.82, 2.24) is 0 Å². The van der Waals surface area contributed by atoms with Gasteiger partial charge in [0.1, 0.15) is 0 Å². The van der Waals surface area contributed by atoms with E-state index in [4.69, 9.17) is 5.11 Å². The van der Waals surface area contributed by atoms with E-state index in [1.807, 2.05) is 0 Å². The third kappa shape index (κ3) is 5.29. The van der Waals surface area contributed by atoms with Gasteiger partial charge in [0, 0.05) is 6.92 Å². The molecule has 0 amide bonds. The van der Waals surface area contributed by atoms with Crippen molar-refractivity contribution in [3.05, 3.63) is 0 Å². The summed E-state index contributed by atoms with van der Waals surface area (Å²) < 4.78 is 3.98. The maximum Gasteiger partial charge on any atom is 0.404 e. The Balaban J connectivity index is 3.18. The molecule has 0 rings (SSSR count). The molecule has 0 saturated carbocycles. The zero-order valence-electron chi connectivity index (χ0n) is 4.08. The molecule has 0 aliphatic carbocycles. The van der Waals surface area contributed by atoms with Crippen LogP contribution in [0.3, 0.4) is 0 Å². The number of hydrogen-bond donors (Lipinski definition) is 1. The second kappa shape index (κ2) is 3.31. The highest BCUT2D eigenvalue weighted by atomic mass is 32.2. The van der Waals surface area contributed by atoms with Crippen LogP contribution in [0.1, 0.15) is 6.92 Å². The van der Waals surface area contributed by atoms with E-state index >= 15 is 0 Å². The highest BCUT2D eigenvalue weighted by Crippen LogP contribution is 2.01. The molecule has 0 radical (unpaired) electrons. The maximum atomic E-state index is 9.84. The van der Waals surface area contributed by atoms with E-state index in [0.717, 1.165) is 6.92 Å². The van der Waals surface area contributed by atoms with Gasteiger partial charge < -0.3 is 9.29 Å². The van der Waals surface area contributed by atoms with Crippen LogP contribution in [-0.2, 0) is 8.98 Å². The van der Waals surface area contributed by atoms with Crippen LogP contribution in [0.25, 0.3) is 0 Å². The molecule has 0 aromatic rings. The Bertz CT molecular complexity index is 95.9. The average molecular weight is 136 g/mol. The summed E-state index contributed by atoms with van der Waals surface area (Å²) in [6.45, 7) is 1.13. The Hall–Kier alpha value is -0.710. The molecule has 0 spiro atoms. The Labute approximate surface area is 50.0 Å². The fourth-order valence-corrected chi connectivity index (χ4v) is 0.283. The minimum atomic E-state index is -1.22. The van der Waals surface area contributed by atoms with Crippen LogP contribution in [0.2, 0.25) is 0 Å². The van der Waals surface area contributed by atoms with Gasteiger partial charge in [-0.05, 0) is 0 Å². The second-order valence-electron chi connectivity index (χ2n) is 0.924. The average Bonchev–Trinajstić information content (AvgIpc) is 1.61. The maximum absolute atomic E-state index is 9.84. The van der Waals surface area contributed by atoms with Crippen molar-refractivity contribution in [3.8, 4) is 0 Å². The lowest BCUT2D eigenvalue weighted by Gasteiger charge is -1.88. The minimum absolute atomic E-state index is 0.106. The van der Waals surface area contributed by atoms with E-state index in [-0.39, 0.29) is 12.0 Å². The van der Waals surface area contributed by atoms with Gasteiger partial charge in [0.25, 0.3) is 0 Å². The fraction of sp³-hybridized carbons (Fsp3) is 0.333. The van der Waals surface area contributed by atoms with Gasteiger partial charge in [-0.3, -0.25) is 4.79 Å². The Morgan fingerprint density at radius 1 is 1.62 bits per heavy atom. The summed E-state index contributed by atoms with van der Waals surface area (Å²) in [6.07, 6.45) is 0. The van der Waals surface area contributed by atoms with E-state index in [1.165, 1.54) is 0 Å². The predicted octanol–water partition coefficient (Wildman–Crippen LogP) is 0.876. The molecule has 46 valence electrons. The number of carbonyl (C=O) groups excluding carboxylic acids is 1. The van der Waals surface area contributed by atoms with Crippen molar-refractivity contribution in [3.63, 3.8) is 0 Å². The molecular formula is C3H4O4S. The summed E-state index contributed by atoms with van der Waals surface area (Å²) in [7, 11) is 0. The summed E-state index contributed by atoms with van der Waals surface area (Å²) >= 11 is 0.106. The summed E-state index contributed by atoms with van der Waals surface area (Å²) in [5, 5.41) is 6.63. The van der Waals surface area contributed by atoms with E-state index < -0.39 is 11.3 Å². The van der Waals surface area contributed by atoms with Crippen LogP contribution >= 0.6 is 12.0 Å². The molecule has 0 aromatic heterocycles. The molecule has 1 N–H and O–H groups in total. The van der Waals surface area contributed by atoms with Gasteiger partial charge in [-0.25, -0.2) is 4.79 Å². The Morgan fingerprint density at radius 3 is 2.25 bits per heavy atom. The first-order valence-electron chi connectivity index (χ1n) is 1.71. The van der Waals surface area contributed by atoms with Gasteiger partial charge >= 0.3 is 11.3 Å². The molecule has 0 unspecified atom stereocenters. The predicted molar refractivity (Wildman–Crippen MR) is 27.4 cm³/mol. The molecule has 0 atom stereocenters. The number of rotatable bonds is 0. The minimum Gasteiger partial charge on any atom is -0.471 e. The molecule has 5 heteroatoms. The molecule has 0 aliphatic heterocycles. The third-order valence-corrected chi connectivity index (χ3v) is 0.691. The molecule has 4 nitrogen and oxygen atoms in total. The first-order chi connectivity index (χ1) is 3.63. The SMILES string of the molecule is CC(=O)OSC(=O)O. The van der Waals surface area contributed by atoms with Gasteiger partial charge in [0.2, 0.25) is 0 Å². The topological polar surface area (TPSA) is 63.6 Å². The molecule has 0 aromatic carbocycles. The zero-order chi connectivity index (χ0) is 6.57. The monoisotopic (exact) mass is 136 g/mol. The lowest BCUT2D eigenvalue weighted by molar-refractivity contribution is -0.130. The Kier molecular flexibility index (Phi) is 3.02. The fourth-order valence-electron chi connectivity index (χ4n) is 0.0943. The summed E-state index contributed by atoms with van der Waals surface area (Å²) in [5.41, 5.74) is 0. The van der Waals surface area contributed by atoms with Gasteiger partial charge in [0.15, 0.2) is 12.0 Å². The standard InChI is InChI=1S/C3H4O4S/c1-2(4)7-8-3(5)6/h1H3,(H,5,6).